The summed E-state index contributed by atoms with van der Waals surface area (Å²) < 4.78 is 1.82. The molecule has 1 fully saturated rings. The fraction of sp³-hybridized carbons (Fsp3) is 0.480. The molecule has 1 aromatic carbocycles. The van der Waals surface area contributed by atoms with Gasteiger partial charge in [0.2, 0.25) is 0 Å². The third kappa shape index (κ3) is 3.73. The van der Waals surface area contributed by atoms with Gasteiger partial charge in [-0.2, -0.15) is 5.10 Å². The first-order chi connectivity index (χ1) is 14.4. The van der Waals surface area contributed by atoms with Gasteiger partial charge < -0.3 is 5.32 Å². The molecule has 0 radical (unpaired) electrons. The van der Waals surface area contributed by atoms with E-state index < -0.39 is 0 Å². The second-order valence-electron chi connectivity index (χ2n) is 9.01. The van der Waals surface area contributed by atoms with Gasteiger partial charge in [-0.3, -0.25) is 4.79 Å². The molecule has 3 aromatic rings. The number of amides is 1. The Labute approximate surface area is 178 Å². The molecular weight excluding hydrogens is 372 g/mol. The molecule has 2 aromatic heterocycles. The predicted molar refractivity (Wildman–Crippen MR) is 120 cm³/mol. The molecule has 158 valence electrons. The molecule has 5 nitrogen and oxygen atoms in total. The first kappa shape index (κ1) is 20.6. The van der Waals surface area contributed by atoms with Crippen molar-refractivity contribution in [2.75, 3.05) is 0 Å². The second-order valence-corrected chi connectivity index (χ2v) is 9.01. The van der Waals surface area contributed by atoms with E-state index in [2.05, 4.69) is 62.4 Å². The van der Waals surface area contributed by atoms with Gasteiger partial charge >= 0.3 is 0 Å². The van der Waals surface area contributed by atoms with Crippen molar-refractivity contribution in [1.29, 1.82) is 0 Å². The summed E-state index contributed by atoms with van der Waals surface area (Å²) in [7, 11) is 0. The Morgan fingerprint density at radius 3 is 2.70 bits per heavy atom. The van der Waals surface area contributed by atoms with E-state index in [1.54, 1.807) is 6.20 Å². The van der Waals surface area contributed by atoms with Gasteiger partial charge in [-0.25, -0.2) is 9.50 Å². The predicted octanol–water partition coefficient (Wildman–Crippen LogP) is 4.80. The van der Waals surface area contributed by atoms with Gasteiger partial charge in [0.25, 0.3) is 5.91 Å². The van der Waals surface area contributed by atoms with Crippen LogP contribution in [0.1, 0.15) is 71.5 Å². The van der Waals surface area contributed by atoms with E-state index >= 15 is 0 Å². The Morgan fingerprint density at radius 1 is 1.17 bits per heavy atom. The van der Waals surface area contributed by atoms with Crippen molar-refractivity contribution >= 4 is 11.6 Å². The Bertz CT molecular complexity index is 1080. The zero-order valence-electron chi connectivity index (χ0n) is 18.7. The van der Waals surface area contributed by atoms with Gasteiger partial charge in [0.15, 0.2) is 5.65 Å². The van der Waals surface area contributed by atoms with E-state index in [0.29, 0.717) is 23.0 Å². The summed E-state index contributed by atoms with van der Waals surface area (Å²) >= 11 is 0. The van der Waals surface area contributed by atoms with Crippen LogP contribution < -0.4 is 5.32 Å². The number of hydrogen-bond acceptors (Lipinski definition) is 3. The van der Waals surface area contributed by atoms with E-state index in [1.807, 2.05) is 11.4 Å². The number of rotatable bonds is 4. The fourth-order valence-electron chi connectivity index (χ4n) is 4.76. The van der Waals surface area contributed by atoms with Crippen molar-refractivity contribution in [3.8, 4) is 0 Å². The number of nitrogens with one attached hydrogen (secondary N) is 1. The molecule has 30 heavy (non-hydrogen) atoms. The fourth-order valence-corrected chi connectivity index (χ4v) is 4.76. The molecule has 1 aliphatic rings. The minimum atomic E-state index is -0.0612. The first-order valence-electron chi connectivity index (χ1n) is 11.1. The summed E-state index contributed by atoms with van der Waals surface area (Å²) in [5, 5.41) is 7.79. The lowest BCUT2D eigenvalue weighted by molar-refractivity contribution is 0.0892. The number of aromatic nitrogens is 3. The molecule has 0 bridgehead atoms. The lowest BCUT2D eigenvalue weighted by atomic mass is 9.78. The van der Waals surface area contributed by atoms with Crippen LogP contribution in [-0.4, -0.2) is 26.5 Å². The molecule has 1 amide bonds. The number of benzene rings is 1. The van der Waals surface area contributed by atoms with Gasteiger partial charge in [-0.15, -0.1) is 0 Å². The third-order valence-electron chi connectivity index (χ3n) is 7.11. The number of fused-ring (bicyclic) bond motifs is 1. The zero-order chi connectivity index (χ0) is 21.4. The first-order valence-corrected chi connectivity index (χ1v) is 11.1. The maximum atomic E-state index is 13.1. The maximum Gasteiger partial charge on any atom is 0.256 e. The van der Waals surface area contributed by atoms with Crippen LogP contribution in [0.25, 0.3) is 5.65 Å². The van der Waals surface area contributed by atoms with E-state index in [4.69, 9.17) is 4.98 Å². The summed E-state index contributed by atoms with van der Waals surface area (Å²) in [5.41, 5.74) is 6.93. The zero-order valence-corrected chi connectivity index (χ0v) is 18.7. The standard InChI is InChI=1S/C25H32N4O/c1-15-10-8-12-23(17(15)3)28-25(30)22-14-26-29-19(5)21(18(4)27-24(22)29)13-20-11-7-6-9-16(20)2/h6-7,9,11,14-15,17,23H,8,10,12-13H2,1-5H3,(H,28,30). The highest BCUT2D eigenvalue weighted by Crippen LogP contribution is 2.30. The van der Waals surface area contributed by atoms with Crippen molar-refractivity contribution in [2.24, 2.45) is 11.8 Å². The highest BCUT2D eigenvalue weighted by molar-refractivity contribution is 5.99. The van der Waals surface area contributed by atoms with E-state index in [1.165, 1.54) is 29.5 Å². The quantitative estimate of drug-likeness (QED) is 0.679. The molecule has 5 heteroatoms. The van der Waals surface area contributed by atoms with Gasteiger partial charge in [0.05, 0.1) is 6.20 Å². The van der Waals surface area contributed by atoms with Crippen LogP contribution in [-0.2, 0) is 6.42 Å². The summed E-state index contributed by atoms with van der Waals surface area (Å²) in [4.78, 5) is 17.9. The SMILES string of the molecule is Cc1ccccc1Cc1c(C)nc2c(C(=O)NC3CCCC(C)C3C)cnn2c1C. The average molecular weight is 405 g/mol. The lowest BCUT2D eigenvalue weighted by Gasteiger charge is -2.34. The summed E-state index contributed by atoms with van der Waals surface area (Å²) in [6.07, 6.45) is 5.94. The number of nitrogens with zero attached hydrogens (tertiary/aromatic N) is 3. The molecule has 0 aliphatic heterocycles. The monoisotopic (exact) mass is 404 g/mol. The molecular formula is C25H32N4O. The van der Waals surface area contributed by atoms with E-state index in [9.17, 15) is 4.79 Å². The Kier molecular flexibility index (Phi) is 5.63. The Balaban J connectivity index is 1.64. The molecule has 3 atom stereocenters. The summed E-state index contributed by atoms with van der Waals surface area (Å²) in [5.74, 6) is 1.06. The average Bonchev–Trinajstić information content (AvgIpc) is 3.14. The lowest BCUT2D eigenvalue weighted by Crippen LogP contribution is -2.43. The van der Waals surface area contributed by atoms with Crippen molar-refractivity contribution in [3.63, 3.8) is 0 Å². The third-order valence-corrected chi connectivity index (χ3v) is 7.11. The van der Waals surface area contributed by atoms with Crippen molar-refractivity contribution in [1.82, 2.24) is 19.9 Å². The number of carbonyl (C=O) groups is 1. The summed E-state index contributed by atoms with van der Waals surface area (Å²) in [6, 6.07) is 8.65. The molecule has 0 spiro atoms. The topological polar surface area (TPSA) is 59.3 Å². The van der Waals surface area contributed by atoms with Crippen LogP contribution in [0.15, 0.2) is 30.5 Å². The molecule has 4 rings (SSSR count). The summed E-state index contributed by atoms with van der Waals surface area (Å²) in [6.45, 7) is 10.8. The van der Waals surface area contributed by atoms with Crippen molar-refractivity contribution in [3.05, 3.63) is 64.1 Å². The molecule has 3 unspecified atom stereocenters. The van der Waals surface area contributed by atoms with Crippen LogP contribution in [0.3, 0.4) is 0 Å². The van der Waals surface area contributed by atoms with Gasteiger partial charge in [0.1, 0.15) is 5.56 Å². The molecule has 1 N–H and O–H groups in total. The van der Waals surface area contributed by atoms with Crippen LogP contribution in [0.2, 0.25) is 0 Å². The highest BCUT2D eigenvalue weighted by Gasteiger charge is 2.29. The second kappa shape index (κ2) is 8.21. The molecule has 0 saturated heterocycles. The number of hydrogen-bond donors (Lipinski definition) is 1. The van der Waals surface area contributed by atoms with E-state index in [0.717, 1.165) is 24.2 Å². The molecule has 1 aliphatic carbocycles. The minimum Gasteiger partial charge on any atom is -0.349 e. The van der Waals surface area contributed by atoms with Crippen molar-refractivity contribution in [2.45, 2.75) is 66.3 Å². The Hall–Kier alpha value is -2.69. The van der Waals surface area contributed by atoms with Crippen LogP contribution in [0.4, 0.5) is 0 Å². The van der Waals surface area contributed by atoms with Crippen molar-refractivity contribution < 1.29 is 4.79 Å². The van der Waals surface area contributed by atoms with Gasteiger partial charge in [-0.1, -0.05) is 51.0 Å². The highest BCUT2D eigenvalue weighted by atomic mass is 16.1. The normalized spacial score (nSPS) is 21.7. The Morgan fingerprint density at radius 2 is 1.93 bits per heavy atom. The molecule has 1 saturated carbocycles. The molecule has 2 heterocycles. The smallest absolute Gasteiger partial charge is 0.256 e. The van der Waals surface area contributed by atoms with Gasteiger partial charge in [-0.05, 0) is 55.7 Å². The maximum absolute atomic E-state index is 13.1. The largest absolute Gasteiger partial charge is 0.349 e. The van der Waals surface area contributed by atoms with Crippen LogP contribution >= 0.6 is 0 Å². The number of aryl methyl sites for hydroxylation is 3. The number of carbonyl (C=O) groups excluding carboxylic acids is 1. The van der Waals surface area contributed by atoms with Crippen LogP contribution in [0.5, 0.6) is 0 Å². The van der Waals surface area contributed by atoms with Gasteiger partial charge in [0, 0.05) is 23.9 Å². The van der Waals surface area contributed by atoms with Crippen LogP contribution in [0, 0.1) is 32.6 Å². The van der Waals surface area contributed by atoms with E-state index in [-0.39, 0.29) is 11.9 Å². The minimum absolute atomic E-state index is 0.0612.